The highest BCUT2D eigenvalue weighted by Crippen LogP contribution is 2.59. The normalized spacial score (nSPS) is 34.0. The van der Waals surface area contributed by atoms with Gasteiger partial charge in [-0.05, 0) is 50.6 Å². The highest BCUT2D eigenvalue weighted by atomic mass is 28.4. The third kappa shape index (κ3) is 6.10. The first kappa shape index (κ1) is 33.4. The molecule has 15 heteroatoms. The number of carbonyl (C=O) groups excluding carboxylic acids is 3. The van der Waals surface area contributed by atoms with Gasteiger partial charge < -0.3 is 54.8 Å². The van der Waals surface area contributed by atoms with E-state index in [4.69, 9.17) is 14.2 Å². The second-order valence-electron chi connectivity index (χ2n) is 12.0. The Kier molecular flexibility index (Phi) is 10.0. The number of carbonyl (C=O) groups is 3. The minimum atomic E-state index is -2.93. The highest BCUT2D eigenvalue weighted by molar-refractivity contribution is 6.71. The molecule has 2 fully saturated rings. The van der Waals surface area contributed by atoms with Crippen molar-refractivity contribution in [2.24, 2.45) is 5.92 Å². The fourth-order valence-electron chi connectivity index (χ4n) is 6.71. The number of nitrogens with one attached hydrogen (secondary N) is 1. The number of esters is 1. The van der Waals surface area contributed by atoms with Crippen molar-refractivity contribution in [3.8, 4) is 0 Å². The number of aliphatic hydroxyl groups is 5. The van der Waals surface area contributed by atoms with Gasteiger partial charge in [0.05, 0.1) is 18.9 Å². The number of benzene rings is 1. The van der Waals surface area contributed by atoms with Crippen molar-refractivity contribution in [3.63, 3.8) is 0 Å². The fourth-order valence-corrected chi connectivity index (χ4v) is 9.31. The summed E-state index contributed by atoms with van der Waals surface area (Å²) >= 11 is 0. The number of hydrogen-bond donors (Lipinski definition) is 7. The summed E-state index contributed by atoms with van der Waals surface area (Å²) in [4.78, 5) is 51.7. The second kappa shape index (κ2) is 12.9. The molecule has 9 atom stereocenters. The molecule has 3 heterocycles. The summed E-state index contributed by atoms with van der Waals surface area (Å²) in [6.07, 6.45) is -8.31. The van der Waals surface area contributed by atoms with Gasteiger partial charge in [0.1, 0.15) is 18.3 Å². The largest absolute Gasteiger partial charge is 0.469 e. The summed E-state index contributed by atoms with van der Waals surface area (Å²) in [6.45, 7) is 5.41. The third-order valence-corrected chi connectivity index (χ3v) is 11.3. The van der Waals surface area contributed by atoms with Crippen molar-refractivity contribution in [3.05, 3.63) is 23.8 Å². The molecule has 0 radical (unpaired) electrons. The van der Waals surface area contributed by atoms with E-state index < -0.39 is 68.1 Å². The first-order valence-electron chi connectivity index (χ1n) is 14.4. The van der Waals surface area contributed by atoms with Gasteiger partial charge in [0.2, 0.25) is 0 Å². The first-order chi connectivity index (χ1) is 20.2. The molecule has 7 N–H and O–H groups in total. The van der Waals surface area contributed by atoms with Crippen LogP contribution in [0, 0.1) is 5.92 Å². The molecule has 2 amide bonds. The Morgan fingerprint density at radius 1 is 1.12 bits per heavy atom. The molecular weight excluding hydrogens is 584 g/mol. The quantitative estimate of drug-likeness (QED) is 0.0975. The molecule has 1 aromatic rings. The minimum absolute atomic E-state index is 0.189. The molecule has 0 saturated carbocycles. The van der Waals surface area contributed by atoms with Gasteiger partial charge in [-0.3, -0.25) is 14.4 Å². The van der Waals surface area contributed by atoms with E-state index in [1.807, 2.05) is 6.92 Å². The van der Waals surface area contributed by atoms with E-state index in [2.05, 4.69) is 5.32 Å². The predicted molar refractivity (Wildman–Crippen MR) is 153 cm³/mol. The smallest absolute Gasteiger partial charge is 0.305 e. The van der Waals surface area contributed by atoms with Crippen LogP contribution in [0.15, 0.2) is 18.2 Å². The number of fused-ring (bicyclic) bond motifs is 2. The maximum Gasteiger partial charge on any atom is 0.305 e. The van der Waals surface area contributed by atoms with Crippen LogP contribution in [-0.2, 0) is 34.2 Å². The zero-order chi connectivity index (χ0) is 31.9. The first-order valence-corrected chi connectivity index (χ1v) is 17.4. The van der Waals surface area contributed by atoms with Crippen LogP contribution in [0.4, 0.5) is 11.4 Å². The van der Waals surface area contributed by atoms with Gasteiger partial charge in [-0.15, -0.1) is 0 Å². The Morgan fingerprint density at radius 3 is 2.44 bits per heavy atom. The topological polar surface area (TPSA) is 216 Å². The SMILES string of the molecule is COC(=O)CCCCN1C(=O)[C@]2(O[C@H](CCO)[C@@H]([Si](C)(C)O)[C@@H]2C)c2cc(NC(=O)[C@H]3O[C@@H](O)[C@H](O)[C@@H](O)[C@@H]3O)ccc21. The van der Waals surface area contributed by atoms with E-state index in [1.54, 1.807) is 30.1 Å². The number of nitrogens with zero attached hydrogens (tertiary/aromatic N) is 1. The third-order valence-electron chi connectivity index (χ3n) is 8.75. The average Bonchev–Trinajstić information content (AvgIpc) is 3.37. The molecule has 14 nitrogen and oxygen atoms in total. The maximum atomic E-state index is 14.3. The molecule has 0 unspecified atom stereocenters. The standard InChI is InChI=1S/C28H42N2O12Si/c1-14-24(43(3,4)39)18(10-12-31)42-28(14)16-13-15(29-25(36)23-21(34)20(33)22(35)26(37)41-23)8-9-17(16)30(27(28)38)11-6-5-7-19(32)40-2/h8-9,13-14,18,20-24,26,31,33-35,37,39H,5-7,10-12H2,1-4H3,(H,29,36)/t14-,18+,20-,21-,22+,23-,24-,26+,28+/m0/s1. The van der Waals surface area contributed by atoms with E-state index in [0.29, 0.717) is 24.1 Å². The van der Waals surface area contributed by atoms with Crippen molar-refractivity contribution in [2.45, 2.75) is 93.7 Å². The predicted octanol–water partition coefficient (Wildman–Crippen LogP) is -0.705. The number of ether oxygens (including phenoxy) is 3. The number of amides is 2. The summed E-state index contributed by atoms with van der Waals surface area (Å²) < 4.78 is 16.3. The van der Waals surface area contributed by atoms with Crippen LogP contribution in [0.25, 0.3) is 0 Å². The summed E-state index contributed by atoms with van der Waals surface area (Å²) in [6, 6.07) is 4.74. The van der Waals surface area contributed by atoms with Gasteiger partial charge in [-0.25, -0.2) is 0 Å². The molecule has 3 aliphatic rings. The fraction of sp³-hybridized carbons (Fsp3) is 0.679. The van der Waals surface area contributed by atoms with E-state index in [-0.39, 0.29) is 43.6 Å². The number of unbranched alkanes of at least 4 members (excludes halogenated alkanes) is 1. The van der Waals surface area contributed by atoms with Gasteiger partial charge in [0, 0.05) is 42.3 Å². The molecule has 43 heavy (non-hydrogen) atoms. The van der Waals surface area contributed by atoms with E-state index in [9.17, 15) is 44.7 Å². The summed E-state index contributed by atoms with van der Waals surface area (Å²) in [5.41, 5.74) is -0.772. The molecule has 3 aliphatic heterocycles. The Hall–Kier alpha value is -2.47. The van der Waals surface area contributed by atoms with Crippen molar-refractivity contribution >= 4 is 37.5 Å². The zero-order valence-electron chi connectivity index (χ0n) is 24.7. The second-order valence-corrected chi connectivity index (χ2v) is 16.0. The van der Waals surface area contributed by atoms with Gasteiger partial charge in [-0.1, -0.05) is 6.92 Å². The van der Waals surface area contributed by atoms with Crippen molar-refractivity contribution < 1.29 is 58.9 Å². The molecule has 0 aromatic heterocycles. The van der Waals surface area contributed by atoms with Crippen LogP contribution in [0.2, 0.25) is 18.6 Å². The van der Waals surface area contributed by atoms with Crippen LogP contribution in [-0.4, -0.2) is 114 Å². The summed E-state index contributed by atoms with van der Waals surface area (Å²) in [5.74, 6) is -2.13. The Morgan fingerprint density at radius 2 is 1.81 bits per heavy atom. The molecule has 0 aliphatic carbocycles. The van der Waals surface area contributed by atoms with Crippen molar-refractivity contribution in [1.29, 1.82) is 0 Å². The lowest BCUT2D eigenvalue weighted by Crippen LogP contribution is -2.60. The zero-order valence-corrected chi connectivity index (χ0v) is 25.7. The number of rotatable bonds is 10. The van der Waals surface area contributed by atoms with Gasteiger partial charge in [0.15, 0.2) is 26.3 Å². The number of aliphatic hydroxyl groups excluding tert-OH is 5. The lowest BCUT2D eigenvalue weighted by Gasteiger charge is -2.37. The number of methoxy groups -OCH3 is 1. The van der Waals surface area contributed by atoms with Gasteiger partial charge in [0.25, 0.3) is 11.8 Å². The molecule has 4 rings (SSSR count). The van der Waals surface area contributed by atoms with E-state index in [1.165, 1.54) is 13.2 Å². The maximum absolute atomic E-state index is 14.3. The highest BCUT2D eigenvalue weighted by Gasteiger charge is 2.66. The van der Waals surface area contributed by atoms with Crippen molar-refractivity contribution in [1.82, 2.24) is 0 Å². The summed E-state index contributed by atoms with van der Waals surface area (Å²) in [5, 5.41) is 52.3. The van der Waals surface area contributed by atoms with Crippen LogP contribution in [0.1, 0.15) is 38.2 Å². The Balaban J connectivity index is 1.69. The summed E-state index contributed by atoms with van der Waals surface area (Å²) in [7, 11) is -1.62. The molecular formula is C28H42N2O12Si. The van der Waals surface area contributed by atoms with Crippen LogP contribution in [0.3, 0.4) is 0 Å². The molecule has 1 aromatic carbocycles. The van der Waals surface area contributed by atoms with Gasteiger partial charge in [-0.2, -0.15) is 0 Å². The van der Waals surface area contributed by atoms with Crippen molar-refractivity contribution in [2.75, 3.05) is 30.5 Å². The monoisotopic (exact) mass is 626 g/mol. The van der Waals surface area contributed by atoms with E-state index in [0.717, 1.165) is 0 Å². The molecule has 240 valence electrons. The van der Waals surface area contributed by atoms with Gasteiger partial charge >= 0.3 is 5.97 Å². The van der Waals surface area contributed by atoms with Crippen LogP contribution < -0.4 is 10.2 Å². The Labute approximate surface area is 250 Å². The average molecular weight is 627 g/mol. The number of hydrogen-bond acceptors (Lipinski definition) is 12. The van der Waals surface area contributed by atoms with E-state index >= 15 is 0 Å². The van der Waals surface area contributed by atoms with Crippen LogP contribution in [0.5, 0.6) is 0 Å². The lowest BCUT2D eigenvalue weighted by atomic mass is 9.82. The molecule has 1 spiro atoms. The Bertz CT molecular complexity index is 1210. The molecule has 0 bridgehead atoms. The minimum Gasteiger partial charge on any atom is -0.469 e. The molecule has 2 saturated heterocycles. The number of anilines is 2. The van der Waals surface area contributed by atoms with Crippen LogP contribution >= 0.6 is 0 Å². The lowest BCUT2D eigenvalue weighted by molar-refractivity contribution is -0.274.